The van der Waals surface area contributed by atoms with Crippen LogP contribution in [0.4, 0.5) is 0 Å². The van der Waals surface area contributed by atoms with Crippen LogP contribution in [0, 0.1) is 11.3 Å². The van der Waals surface area contributed by atoms with Crippen LogP contribution in [0.3, 0.4) is 0 Å². The highest BCUT2D eigenvalue weighted by Crippen LogP contribution is 2.30. The second-order valence-electron chi connectivity index (χ2n) is 9.33. The van der Waals surface area contributed by atoms with Crippen molar-refractivity contribution in [1.29, 1.82) is 5.26 Å². The molecule has 4 aromatic rings. The summed E-state index contributed by atoms with van der Waals surface area (Å²) in [6.45, 7) is 1.22. The smallest absolute Gasteiger partial charge is 0.303 e. The normalized spacial score (nSPS) is 13.2. The molecule has 1 amide bonds. The highest BCUT2D eigenvalue weighted by atomic mass is 16.4. The lowest BCUT2D eigenvalue weighted by atomic mass is 9.90. The number of aliphatic carboxylic acids is 1. The van der Waals surface area contributed by atoms with Crippen molar-refractivity contribution in [2.75, 3.05) is 13.1 Å². The summed E-state index contributed by atoms with van der Waals surface area (Å²) in [6.07, 6.45) is 1.98. The van der Waals surface area contributed by atoms with Gasteiger partial charge < -0.3 is 10.0 Å². The van der Waals surface area contributed by atoms with E-state index in [9.17, 15) is 9.59 Å². The molecular weight excluding hydrogens is 464 g/mol. The molecule has 1 fully saturated rings. The molecule has 2 heterocycles. The summed E-state index contributed by atoms with van der Waals surface area (Å²) in [4.78, 5) is 35.7. The Morgan fingerprint density at radius 1 is 0.946 bits per heavy atom. The maximum atomic E-state index is 13.2. The van der Waals surface area contributed by atoms with Crippen molar-refractivity contribution < 1.29 is 14.7 Å². The first-order valence-electron chi connectivity index (χ1n) is 12.4. The number of carbonyl (C=O) groups is 2. The van der Waals surface area contributed by atoms with Crippen molar-refractivity contribution in [2.45, 2.75) is 31.6 Å². The number of benzene rings is 3. The number of rotatable bonds is 8. The third kappa shape index (κ3) is 5.34. The SMILES string of the molecule is N#Cc1cccc(C2CN(C(=O)c3ccc4nc(-c5ccccc5)c(CCCCC(=O)O)nc4c3)C2)c1. The molecule has 1 aromatic heterocycles. The summed E-state index contributed by atoms with van der Waals surface area (Å²) in [5, 5.41) is 18.1. The fraction of sp³-hybridized carbons (Fsp3) is 0.233. The average Bonchev–Trinajstić information content (AvgIpc) is 2.90. The van der Waals surface area contributed by atoms with E-state index in [1.807, 2.05) is 59.5 Å². The number of amides is 1. The van der Waals surface area contributed by atoms with Gasteiger partial charge >= 0.3 is 5.97 Å². The van der Waals surface area contributed by atoms with Gasteiger partial charge in [-0.25, -0.2) is 9.97 Å². The molecule has 0 spiro atoms. The number of carboxylic acid groups (broad SMARTS) is 1. The van der Waals surface area contributed by atoms with E-state index in [0.29, 0.717) is 54.5 Å². The number of aryl methyl sites for hydroxylation is 1. The summed E-state index contributed by atoms with van der Waals surface area (Å²) in [5.74, 6) is -0.628. The van der Waals surface area contributed by atoms with Crippen molar-refractivity contribution in [3.8, 4) is 17.3 Å². The first kappa shape index (κ1) is 24.1. The van der Waals surface area contributed by atoms with Gasteiger partial charge in [-0.15, -0.1) is 0 Å². The summed E-state index contributed by atoms with van der Waals surface area (Å²) in [7, 11) is 0. The van der Waals surface area contributed by atoms with Gasteiger partial charge in [0, 0.05) is 36.6 Å². The van der Waals surface area contributed by atoms with Crippen molar-refractivity contribution in [1.82, 2.24) is 14.9 Å². The van der Waals surface area contributed by atoms with Gasteiger partial charge in [-0.05, 0) is 55.2 Å². The molecule has 7 nitrogen and oxygen atoms in total. The molecule has 1 N–H and O–H groups in total. The van der Waals surface area contributed by atoms with Crippen molar-refractivity contribution in [3.63, 3.8) is 0 Å². The highest BCUT2D eigenvalue weighted by molar-refractivity contribution is 5.98. The Hall–Kier alpha value is -4.57. The zero-order chi connectivity index (χ0) is 25.8. The van der Waals surface area contributed by atoms with Crippen LogP contribution < -0.4 is 0 Å². The first-order chi connectivity index (χ1) is 18.0. The molecule has 184 valence electrons. The van der Waals surface area contributed by atoms with E-state index in [0.717, 1.165) is 22.5 Å². The standard InChI is InChI=1S/C30H26N4O3/c31-17-20-7-6-10-22(15-20)24-18-34(19-24)30(37)23-13-14-25-27(16-23)32-26(11-4-5-12-28(35)36)29(33-25)21-8-2-1-3-9-21/h1-3,6-10,13-16,24H,4-5,11-12,18-19H2,(H,35,36). The molecule has 37 heavy (non-hydrogen) atoms. The maximum Gasteiger partial charge on any atom is 0.303 e. The molecule has 5 rings (SSSR count). The average molecular weight is 491 g/mol. The van der Waals surface area contributed by atoms with E-state index in [4.69, 9.17) is 20.3 Å². The lowest BCUT2D eigenvalue weighted by Gasteiger charge is -2.39. The highest BCUT2D eigenvalue weighted by Gasteiger charge is 2.32. The number of hydrogen-bond acceptors (Lipinski definition) is 5. The number of unbranched alkanes of at least 4 members (excludes halogenated alkanes) is 1. The number of nitrogens with zero attached hydrogens (tertiary/aromatic N) is 4. The van der Waals surface area contributed by atoms with Crippen LogP contribution in [0.2, 0.25) is 0 Å². The van der Waals surface area contributed by atoms with Gasteiger partial charge in [0.05, 0.1) is 34.1 Å². The Morgan fingerprint density at radius 3 is 2.51 bits per heavy atom. The molecule has 3 aromatic carbocycles. The quantitative estimate of drug-likeness (QED) is 0.340. The Balaban J connectivity index is 1.37. The molecule has 0 bridgehead atoms. The largest absolute Gasteiger partial charge is 0.481 e. The van der Waals surface area contributed by atoms with E-state index < -0.39 is 5.97 Å². The first-order valence-corrected chi connectivity index (χ1v) is 12.4. The fourth-order valence-corrected chi connectivity index (χ4v) is 4.69. The molecule has 0 atom stereocenters. The van der Waals surface area contributed by atoms with E-state index >= 15 is 0 Å². The number of fused-ring (bicyclic) bond motifs is 1. The molecule has 1 saturated heterocycles. The third-order valence-corrected chi connectivity index (χ3v) is 6.74. The van der Waals surface area contributed by atoms with Crippen LogP contribution in [-0.4, -0.2) is 44.9 Å². The monoisotopic (exact) mass is 490 g/mol. The third-order valence-electron chi connectivity index (χ3n) is 6.74. The number of hydrogen-bond donors (Lipinski definition) is 1. The number of likely N-dealkylation sites (tertiary alicyclic amines) is 1. The Kier molecular flexibility index (Phi) is 6.91. The molecule has 0 unspecified atom stereocenters. The Labute approximate surface area is 215 Å². The van der Waals surface area contributed by atoms with Gasteiger partial charge in [-0.1, -0.05) is 42.5 Å². The lowest BCUT2D eigenvalue weighted by Crippen LogP contribution is -2.48. The molecule has 0 radical (unpaired) electrons. The predicted molar refractivity (Wildman–Crippen MR) is 140 cm³/mol. The predicted octanol–water partition coefficient (Wildman–Crippen LogP) is 5.21. The minimum absolute atomic E-state index is 0.0495. The summed E-state index contributed by atoms with van der Waals surface area (Å²) < 4.78 is 0. The number of carbonyl (C=O) groups excluding carboxylic acids is 1. The summed E-state index contributed by atoms with van der Waals surface area (Å²) >= 11 is 0. The minimum Gasteiger partial charge on any atom is -0.481 e. The molecule has 0 aliphatic carbocycles. The molecular formula is C30H26N4O3. The van der Waals surface area contributed by atoms with Crippen LogP contribution in [0.15, 0.2) is 72.8 Å². The zero-order valence-corrected chi connectivity index (χ0v) is 20.3. The molecule has 0 saturated carbocycles. The minimum atomic E-state index is -0.804. The van der Waals surface area contributed by atoms with Crippen LogP contribution in [0.5, 0.6) is 0 Å². The molecule has 1 aliphatic rings. The van der Waals surface area contributed by atoms with Crippen LogP contribution in [-0.2, 0) is 11.2 Å². The maximum absolute atomic E-state index is 13.2. The van der Waals surface area contributed by atoms with Gasteiger partial charge in [-0.3, -0.25) is 9.59 Å². The van der Waals surface area contributed by atoms with Gasteiger partial charge in [0.1, 0.15) is 0 Å². The number of nitriles is 1. The van der Waals surface area contributed by atoms with Crippen molar-refractivity contribution >= 4 is 22.9 Å². The van der Waals surface area contributed by atoms with Gasteiger partial charge in [0.2, 0.25) is 0 Å². The number of carboxylic acids is 1. The Morgan fingerprint density at radius 2 is 1.76 bits per heavy atom. The van der Waals surface area contributed by atoms with E-state index in [-0.39, 0.29) is 18.2 Å². The van der Waals surface area contributed by atoms with Crippen molar-refractivity contribution in [3.05, 3.63) is 95.2 Å². The fourth-order valence-electron chi connectivity index (χ4n) is 4.69. The zero-order valence-electron chi connectivity index (χ0n) is 20.3. The lowest BCUT2D eigenvalue weighted by molar-refractivity contribution is -0.137. The van der Waals surface area contributed by atoms with Crippen LogP contribution in [0.25, 0.3) is 22.3 Å². The van der Waals surface area contributed by atoms with E-state index in [1.54, 1.807) is 18.2 Å². The summed E-state index contributed by atoms with van der Waals surface area (Å²) in [5.41, 5.74) is 6.17. The van der Waals surface area contributed by atoms with Crippen LogP contribution >= 0.6 is 0 Å². The second-order valence-corrected chi connectivity index (χ2v) is 9.33. The van der Waals surface area contributed by atoms with Gasteiger partial charge in [0.25, 0.3) is 5.91 Å². The molecule has 7 heteroatoms. The van der Waals surface area contributed by atoms with Gasteiger partial charge in [0.15, 0.2) is 0 Å². The van der Waals surface area contributed by atoms with Gasteiger partial charge in [-0.2, -0.15) is 5.26 Å². The number of aromatic nitrogens is 2. The second kappa shape index (κ2) is 10.6. The van der Waals surface area contributed by atoms with E-state index in [1.165, 1.54) is 0 Å². The Bertz CT molecular complexity index is 1500. The van der Waals surface area contributed by atoms with Crippen LogP contribution in [0.1, 0.15) is 52.4 Å². The molecule has 1 aliphatic heterocycles. The van der Waals surface area contributed by atoms with E-state index in [2.05, 4.69) is 6.07 Å². The topological polar surface area (TPSA) is 107 Å². The summed E-state index contributed by atoms with van der Waals surface area (Å²) in [6, 6.07) is 25.0. The van der Waals surface area contributed by atoms with Crippen molar-refractivity contribution in [2.24, 2.45) is 0 Å².